The second-order valence-electron chi connectivity index (χ2n) is 3.58. The van der Waals surface area contributed by atoms with E-state index in [4.69, 9.17) is 0 Å². The molecule has 1 aromatic carbocycles. The van der Waals surface area contributed by atoms with E-state index in [2.05, 4.69) is 10.2 Å². The highest BCUT2D eigenvalue weighted by Crippen LogP contribution is 2.22. The number of hydrogen-bond acceptors (Lipinski definition) is 3. The third-order valence-corrected chi connectivity index (χ3v) is 4.33. The van der Waals surface area contributed by atoms with Crippen molar-refractivity contribution >= 4 is 15.7 Å². The lowest BCUT2D eigenvalue weighted by Gasteiger charge is -2.21. The maximum absolute atomic E-state index is 12.8. The van der Waals surface area contributed by atoms with Gasteiger partial charge in [-0.3, -0.25) is 9.40 Å². The van der Waals surface area contributed by atoms with E-state index in [0.717, 1.165) is 0 Å². The van der Waals surface area contributed by atoms with Crippen LogP contribution >= 0.6 is 0 Å². The van der Waals surface area contributed by atoms with Crippen molar-refractivity contribution in [1.82, 2.24) is 10.2 Å². The first-order valence-electron chi connectivity index (χ1n) is 5.33. The Hall–Kier alpha value is -1.89. The first kappa shape index (κ1) is 12.6. The first-order chi connectivity index (χ1) is 8.55. The van der Waals surface area contributed by atoms with Gasteiger partial charge < -0.3 is 0 Å². The molecule has 0 saturated carbocycles. The molecule has 5 nitrogen and oxygen atoms in total. The molecule has 0 amide bonds. The van der Waals surface area contributed by atoms with Crippen molar-refractivity contribution < 1.29 is 12.8 Å². The van der Waals surface area contributed by atoms with Gasteiger partial charge in [0.1, 0.15) is 10.7 Å². The van der Waals surface area contributed by atoms with Gasteiger partial charge in [-0.1, -0.05) is 0 Å². The summed E-state index contributed by atoms with van der Waals surface area (Å²) in [5.41, 5.74) is 0.417. The molecule has 7 heteroatoms. The summed E-state index contributed by atoms with van der Waals surface area (Å²) < 4.78 is 38.6. The number of rotatable bonds is 4. The van der Waals surface area contributed by atoms with E-state index in [1.165, 1.54) is 41.0 Å². The smallest absolute Gasteiger partial charge is 0.267 e. The number of anilines is 1. The third kappa shape index (κ3) is 2.21. The lowest BCUT2D eigenvalue weighted by Crippen LogP contribution is -2.30. The summed E-state index contributed by atoms with van der Waals surface area (Å²) in [7, 11) is -3.66. The number of sulfonamides is 1. The van der Waals surface area contributed by atoms with Crippen molar-refractivity contribution in [2.75, 3.05) is 10.8 Å². The van der Waals surface area contributed by atoms with Gasteiger partial charge in [0.05, 0.1) is 11.9 Å². The molecule has 0 saturated heterocycles. The highest BCUT2D eigenvalue weighted by atomic mass is 32.2. The van der Waals surface area contributed by atoms with Crippen LogP contribution in [0.3, 0.4) is 0 Å². The molecule has 1 heterocycles. The van der Waals surface area contributed by atoms with Gasteiger partial charge in [-0.25, -0.2) is 12.8 Å². The van der Waals surface area contributed by atoms with Crippen LogP contribution in [0.1, 0.15) is 6.92 Å². The summed E-state index contributed by atoms with van der Waals surface area (Å²) in [5, 5.41) is 6.08. The van der Waals surface area contributed by atoms with Crippen molar-refractivity contribution in [3.63, 3.8) is 0 Å². The number of aromatic nitrogens is 2. The number of benzene rings is 1. The van der Waals surface area contributed by atoms with Gasteiger partial charge in [0.25, 0.3) is 10.0 Å². The Morgan fingerprint density at radius 1 is 1.33 bits per heavy atom. The predicted octanol–water partition coefficient (Wildman–Crippen LogP) is 1.76. The monoisotopic (exact) mass is 269 g/mol. The van der Waals surface area contributed by atoms with Crippen molar-refractivity contribution in [2.24, 2.45) is 0 Å². The largest absolute Gasteiger partial charge is 0.284 e. The van der Waals surface area contributed by atoms with Gasteiger partial charge in [-0.05, 0) is 31.2 Å². The van der Waals surface area contributed by atoms with E-state index >= 15 is 0 Å². The van der Waals surface area contributed by atoms with E-state index in [1.807, 2.05) is 0 Å². The zero-order valence-corrected chi connectivity index (χ0v) is 10.5. The molecule has 1 N–H and O–H groups in total. The summed E-state index contributed by atoms with van der Waals surface area (Å²) >= 11 is 0. The predicted molar refractivity (Wildman–Crippen MR) is 65.2 cm³/mol. The Morgan fingerprint density at radius 3 is 2.50 bits per heavy atom. The molecule has 0 fully saturated rings. The normalized spacial score (nSPS) is 11.4. The molecular formula is C11H12FN3O2S. The van der Waals surface area contributed by atoms with Crippen LogP contribution in [-0.2, 0) is 10.0 Å². The summed E-state index contributed by atoms with van der Waals surface area (Å²) in [5.74, 6) is -0.407. The van der Waals surface area contributed by atoms with Crippen LogP contribution in [0.5, 0.6) is 0 Å². The average Bonchev–Trinajstić information content (AvgIpc) is 2.86. The second kappa shape index (κ2) is 4.77. The molecule has 18 heavy (non-hydrogen) atoms. The lowest BCUT2D eigenvalue weighted by molar-refractivity contribution is 0.591. The van der Waals surface area contributed by atoms with Gasteiger partial charge in [0, 0.05) is 12.7 Å². The Balaban J connectivity index is 2.43. The first-order valence-corrected chi connectivity index (χ1v) is 6.77. The zero-order chi connectivity index (χ0) is 13.2. The number of H-pyrrole nitrogens is 1. The highest BCUT2D eigenvalue weighted by molar-refractivity contribution is 7.92. The molecule has 0 unspecified atom stereocenters. The molecule has 0 bridgehead atoms. The molecule has 0 atom stereocenters. The number of nitrogens with zero attached hydrogens (tertiary/aromatic N) is 2. The minimum Gasteiger partial charge on any atom is -0.284 e. The number of nitrogens with one attached hydrogen (secondary N) is 1. The van der Waals surface area contributed by atoms with Crippen molar-refractivity contribution in [3.05, 3.63) is 42.5 Å². The molecule has 0 aliphatic rings. The highest BCUT2D eigenvalue weighted by Gasteiger charge is 2.24. The van der Waals surface area contributed by atoms with E-state index in [0.29, 0.717) is 5.69 Å². The molecule has 2 aromatic rings. The Morgan fingerprint density at radius 2 is 2.00 bits per heavy atom. The number of aromatic amines is 1. The third-order valence-electron chi connectivity index (χ3n) is 2.46. The molecule has 1 aromatic heterocycles. The molecule has 0 spiro atoms. The Labute approximate surface area is 104 Å². The molecule has 2 rings (SSSR count). The fraction of sp³-hybridized carbons (Fsp3) is 0.182. The minimum atomic E-state index is -3.66. The summed E-state index contributed by atoms with van der Waals surface area (Å²) in [6.45, 7) is 1.96. The number of hydrogen-bond donors (Lipinski definition) is 1. The maximum atomic E-state index is 12.8. The van der Waals surface area contributed by atoms with E-state index < -0.39 is 15.8 Å². The van der Waals surface area contributed by atoms with Crippen molar-refractivity contribution in [3.8, 4) is 0 Å². The van der Waals surface area contributed by atoms with E-state index in [-0.39, 0.29) is 11.4 Å². The van der Waals surface area contributed by atoms with Gasteiger partial charge in [-0.2, -0.15) is 5.10 Å². The van der Waals surface area contributed by atoms with Crippen LogP contribution in [-0.4, -0.2) is 25.2 Å². The van der Waals surface area contributed by atoms with E-state index in [1.54, 1.807) is 6.92 Å². The molecule has 96 valence electrons. The number of halogens is 1. The van der Waals surface area contributed by atoms with Gasteiger partial charge in [-0.15, -0.1) is 0 Å². The Kier molecular flexibility index (Phi) is 3.33. The van der Waals surface area contributed by atoms with Crippen LogP contribution in [0.2, 0.25) is 0 Å². The van der Waals surface area contributed by atoms with Crippen molar-refractivity contribution in [2.45, 2.75) is 11.8 Å². The van der Waals surface area contributed by atoms with Crippen LogP contribution in [0.4, 0.5) is 10.1 Å². The quantitative estimate of drug-likeness (QED) is 0.919. The van der Waals surface area contributed by atoms with Gasteiger partial charge in [0.2, 0.25) is 0 Å². The summed E-state index contributed by atoms with van der Waals surface area (Å²) in [6.07, 6.45) is 2.54. The molecule has 0 aliphatic carbocycles. The van der Waals surface area contributed by atoms with Crippen LogP contribution in [0.25, 0.3) is 0 Å². The van der Waals surface area contributed by atoms with Crippen LogP contribution in [0, 0.1) is 5.82 Å². The topological polar surface area (TPSA) is 66.1 Å². The zero-order valence-electron chi connectivity index (χ0n) is 9.67. The second-order valence-corrected chi connectivity index (χ2v) is 5.44. The SMILES string of the molecule is CCN(c1ccc(F)cc1)S(=O)(=O)c1cn[nH]c1. The van der Waals surface area contributed by atoms with Crippen molar-refractivity contribution in [1.29, 1.82) is 0 Å². The molecular weight excluding hydrogens is 257 g/mol. The van der Waals surface area contributed by atoms with E-state index in [9.17, 15) is 12.8 Å². The van der Waals surface area contributed by atoms with Crippen LogP contribution < -0.4 is 4.31 Å². The van der Waals surface area contributed by atoms with Crippen LogP contribution in [0.15, 0.2) is 41.6 Å². The standard InChI is InChI=1S/C11H12FN3O2S/c1-2-15(10-5-3-9(12)4-6-10)18(16,17)11-7-13-14-8-11/h3-8H,2H2,1H3,(H,13,14). The maximum Gasteiger partial charge on any atom is 0.267 e. The average molecular weight is 269 g/mol. The lowest BCUT2D eigenvalue weighted by atomic mass is 10.3. The van der Waals surface area contributed by atoms with Gasteiger partial charge in [0.15, 0.2) is 0 Å². The fourth-order valence-corrected chi connectivity index (χ4v) is 2.99. The van der Waals surface area contributed by atoms with Gasteiger partial charge >= 0.3 is 0 Å². The summed E-state index contributed by atoms with van der Waals surface area (Å²) in [6, 6.07) is 5.30. The fourth-order valence-electron chi connectivity index (χ4n) is 1.61. The summed E-state index contributed by atoms with van der Waals surface area (Å²) in [4.78, 5) is 0.0775. The molecule has 0 aliphatic heterocycles. The minimum absolute atomic E-state index is 0.0775. The molecule has 0 radical (unpaired) electrons. The Bertz CT molecular complexity index is 608.